The Bertz CT molecular complexity index is 736. The first-order valence-corrected chi connectivity index (χ1v) is 10.2. The molecule has 4 aliphatic carbocycles. The lowest BCUT2D eigenvalue weighted by atomic mass is 9.41. The van der Waals surface area contributed by atoms with E-state index in [9.17, 15) is 35.4 Å². The number of ketones is 1. The Balaban J connectivity index is 1.93. The summed E-state index contributed by atoms with van der Waals surface area (Å²) >= 11 is 0. The molecule has 0 aromatic carbocycles. The van der Waals surface area contributed by atoms with Crippen molar-refractivity contribution in [2.75, 3.05) is 0 Å². The number of carbonyl (C=O) groups excluding carboxylic acids is 1. The number of fused-ring (bicyclic) bond motifs is 5. The van der Waals surface area contributed by atoms with Crippen LogP contribution < -0.4 is 0 Å². The van der Waals surface area contributed by atoms with Crippen LogP contribution in [0.4, 0.5) is 0 Å². The lowest BCUT2D eigenvalue weighted by Crippen LogP contribution is -2.81. The molecule has 4 aliphatic rings. The Morgan fingerprint density at radius 1 is 1.14 bits per heavy atom. The highest BCUT2D eigenvalue weighted by Crippen LogP contribution is 2.69. The van der Waals surface area contributed by atoms with E-state index in [4.69, 9.17) is 0 Å². The second-order valence-corrected chi connectivity index (χ2v) is 10.0. The van der Waals surface area contributed by atoms with Crippen LogP contribution in [0.2, 0.25) is 0 Å². The average molecular weight is 396 g/mol. The zero-order chi connectivity index (χ0) is 20.9. The van der Waals surface area contributed by atoms with Crippen molar-refractivity contribution in [1.29, 1.82) is 0 Å². The second kappa shape index (κ2) is 5.86. The minimum Gasteiger partial charge on any atom is -0.393 e. The summed E-state index contributed by atoms with van der Waals surface area (Å²) in [5.74, 6) is -2.11. The maximum Gasteiger partial charge on any atom is 0.133 e. The minimum atomic E-state index is -2.15. The van der Waals surface area contributed by atoms with E-state index in [1.165, 1.54) is 13.8 Å². The molecule has 158 valence electrons. The topological polar surface area (TPSA) is 138 Å². The zero-order valence-corrected chi connectivity index (χ0v) is 16.7. The Morgan fingerprint density at radius 3 is 2.39 bits per heavy atom. The molecule has 0 unspecified atom stereocenters. The van der Waals surface area contributed by atoms with Crippen molar-refractivity contribution in [2.45, 2.75) is 88.5 Å². The SMILES string of the molecule is CC(=O)[C@H]1C[C@@H](O)[C@@]2(O)[C@]1(C)[C@H](O)[C@@H](O)[C@@H]1[C@@]3(C)CC[C@H](O)CC3=CC[C@]12O. The van der Waals surface area contributed by atoms with Crippen LogP contribution in [0.25, 0.3) is 0 Å². The molecule has 0 heterocycles. The Kier molecular flexibility index (Phi) is 4.28. The molecule has 3 saturated carbocycles. The van der Waals surface area contributed by atoms with E-state index in [-0.39, 0.29) is 18.6 Å². The number of hydrogen-bond acceptors (Lipinski definition) is 7. The Labute approximate surface area is 164 Å². The summed E-state index contributed by atoms with van der Waals surface area (Å²) in [4.78, 5) is 12.3. The van der Waals surface area contributed by atoms with Gasteiger partial charge in [-0.15, -0.1) is 0 Å². The fraction of sp³-hybridized carbons (Fsp3) is 0.857. The van der Waals surface area contributed by atoms with Crippen molar-refractivity contribution in [2.24, 2.45) is 22.7 Å². The normalized spacial score (nSPS) is 58.4. The van der Waals surface area contributed by atoms with Gasteiger partial charge in [-0.2, -0.15) is 0 Å². The molecule has 7 heteroatoms. The van der Waals surface area contributed by atoms with Crippen LogP contribution in [-0.4, -0.2) is 72.0 Å². The van der Waals surface area contributed by atoms with Gasteiger partial charge < -0.3 is 30.6 Å². The van der Waals surface area contributed by atoms with Gasteiger partial charge in [-0.1, -0.05) is 25.5 Å². The third kappa shape index (κ3) is 2.03. The molecule has 0 bridgehead atoms. The van der Waals surface area contributed by atoms with E-state index in [0.717, 1.165) is 5.57 Å². The van der Waals surface area contributed by atoms with E-state index in [1.807, 2.05) is 6.92 Å². The number of hydrogen-bond donors (Lipinski definition) is 6. The number of aliphatic hydroxyl groups is 6. The number of rotatable bonds is 1. The van der Waals surface area contributed by atoms with Gasteiger partial charge in [-0.05, 0) is 44.4 Å². The van der Waals surface area contributed by atoms with Gasteiger partial charge in [0.05, 0.1) is 24.4 Å². The third-order valence-electron chi connectivity index (χ3n) is 8.96. The van der Waals surface area contributed by atoms with Crippen LogP contribution in [0.1, 0.15) is 52.9 Å². The van der Waals surface area contributed by atoms with Crippen LogP contribution in [0.3, 0.4) is 0 Å². The molecule has 0 aromatic heterocycles. The molecule has 10 atom stereocenters. The molecule has 0 amide bonds. The molecule has 6 N–H and O–H groups in total. The van der Waals surface area contributed by atoms with Crippen molar-refractivity contribution in [1.82, 2.24) is 0 Å². The smallest absolute Gasteiger partial charge is 0.133 e. The lowest BCUT2D eigenvalue weighted by molar-refractivity contribution is -0.342. The van der Waals surface area contributed by atoms with E-state index in [0.29, 0.717) is 19.3 Å². The number of carbonyl (C=O) groups is 1. The highest BCUT2D eigenvalue weighted by molar-refractivity contribution is 5.80. The van der Waals surface area contributed by atoms with Gasteiger partial charge in [0, 0.05) is 17.3 Å². The van der Waals surface area contributed by atoms with Crippen LogP contribution in [0.5, 0.6) is 0 Å². The van der Waals surface area contributed by atoms with Crippen LogP contribution in [-0.2, 0) is 4.79 Å². The molecule has 0 saturated heterocycles. The first kappa shape index (κ1) is 20.4. The molecule has 0 aliphatic heterocycles. The quantitative estimate of drug-likeness (QED) is 0.333. The standard InChI is InChI=1S/C21H32O7/c1-10(22)13-9-14(24)21(28)19(13,3)17(26)15(25)16-18(2)6-5-12(23)8-11(18)4-7-20(16,21)27/h4,12-17,23-28H,5-9H2,1-3H3/t12-,13+,14+,15-,16+,17+,18-,19-,20-,21+/m0/s1. The van der Waals surface area contributed by atoms with Gasteiger partial charge in [0.2, 0.25) is 0 Å². The van der Waals surface area contributed by atoms with Gasteiger partial charge in [0.25, 0.3) is 0 Å². The second-order valence-electron chi connectivity index (χ2n) is 10.0. The Morgan fingerprint density at radius 2 is 1.79 bits per heavy atom. The fourth-order valence-corrected chi connectivity index (χ4v) is 7.45. The van der Waals surface area contributed by atoms with Crippen molar-refractivity contribution in [3.8, 4) is 0 Å². The molecule has 0 aromatic rings. The summed E-state index contributed by atoms with van der Waals surface area (Å²) in [6.45, 7) is 4.71. The zero-order valence-electron chi connectivity index (χ0n) is 16.7. The van der Waals surface area contributed by atoms with Crippen LogP contribution in [0, 0.1) is 22.7 Å². The van der Waals surface area contributed by atoms with E-state index < -0.39 is 58.3 Å². The molecule has 4 rings (SSSR count). The number of aliphatic hydroxyl groups excluding tert-OH is 4. The highest BCUT2D eigenvalue weighted by Gasteiger charge is 2.81. The minimum absolute atomic E-state index is 0.0210. The molecule has 28 heavy (non-hydrogen) atoms. The summed E-state index contributed by atoms with van der Waals surface area (Å²) in [5, 5.41) is 67.1. The first-order chi connectivity index (χ1) is 12.9. The molecule has 3 fully saturated rings. The van der Waals surface area contributed by atoms with Gasteiger partial charge >= 0.3 is 0 Å². The van der Waals surface area contributed by atoms with E-state index >= 15 is 0 Å². The van der Waals surface area contributed by atoms with Crippen molar-refractivity contribution < 1.29 is 35.4 Å². The van der Waals surface area contributed by atoms with Crippen LogP contribution in [0.15, 0.2) is 11.6 Å². The maximum absolute atomic E-state index is 12.3. The summed E-state index contributed by atoms with van der Waals surface area (Å²) in [7, 11) is 0. The maximum atomic E-state index is 12.3. The van der Waals surface area contributed by atoms with Crippen LogP contribution >= 0.6 is 0 Å². The van der Waals surface area contributed by atoms with E-state index in [1.54, 1.807) is 6.08 Å². The fourth-order valence-electron chi connectivity index (χ4n) is 7.45. The first-order valence-electron chi connectivity index (χ1n) is 10.2. The molecule has 0 radical (unpaired) electrons. The average Bonchev–Trinajstić information content (AvgIpc) is 2.84. The van der Waals surface area contributed by atoms with Gasteiger partial charge in [-0.25, -0.2) is 0 Å². The van der Waals surface area contributed by atoms with Crippen molar-refractivity contribution in [3.63, 3.8) is 0 Å². The predicted octanol–water partition coefficient (Wildman–Crippen LogP) is -0.343. The summed E-state index contributed by atoms with van der Waals surface area (Å²) < 4.78 is 0. The van der Waals surface area contributed by atoms with Crippen molar-refractivity contribution >= 4 is 5.78 Å². The monoisotopic (exact) mass is 396 g/mol. The largest absolute Gasteiger partial charge is 0.393 e. The Hall–Kier alpha value is -0.830. The highest BCUT2D eigenvalue weighted by atomic mass is 16.4. The van der Waals surface area contributed by atoms with Gasteiger partial charge in [0.1, 0.15) is 17.0 Å². The van der Waals surface area contributed by atoms with E-state index in [2.05, 4.69) is 0 Å². The molecule has 7 nitrogen and oxygen atoms in total. The summed E-state index contributed by atoms with van der Waals surface area (Å²) in [5.41, 5.74) is -5.49. The number of Topliss-reactive ketones (excluding diaryl/α,β-unsaturated/α-hetero) is 1. The predicted molar refractivity (Wildman–Crippen MR) is 99.0 cm³/mol. The molecule has 0 spiro atoms. The van der Waals surface area contributed by atoms with Crippen molar-refractivity contribution in [3.05, 3.63) is 11.6 Å². The molecular formula is C21H32O7. The third-order valence-corrected chi connectivity index (χ3v) is 8.96. The lowest BCUT2D eigenvalue weighted by Gasteiger charge is -2.67. The molecular weight excluding hydrogens is 364 g/mol. The summed E-state index contributed by atoms with van der Waals surface area (Å²) in [6.07, 6.45) is -1.69. The summed E-state index contributed by atoms with van der Waals surface area (Å²) in [6, 6.07) is 0. The van der Waals surface area contributed by atoms with Gasteiger partial charge in [-0.3, -0.25) is 4.79 Å². The van der Waals surface area contributed by atoms with Gasteiger partial charge in [0.15, 0.2) is 0 Å².